The van der Waals surface area contributed by atoms with Gasteiger partial charge in [0.25, 0.3) is 5.91 Å². The number of benzene rings is 3. The molecule has 10 heteroatoms. The fourth-order valence-corrected chi connectivity index (χ4v) is 7.64. The molecular weight excluding hydrogens is 572 g/mol. The SMILES string of the molecule is [C-]#[N+]c1ccccc1N1CCC(N(CC)c2cc(C(=O)N3CCN(c4ccccc4S(N)(=O)=O)CC3)c(C)cc2C)C(C)C1. The van der Waals surface area contributed by atoms with Gasteiger partial charge in [0.1, 0.15) is 4.90 Å². The molecule has 0 aromatic heterocycles. The van der Waals surface area contributed by atoms with E-state index in [-0.39, 0.29) is 10.8 Å². The van der Waals surface area contributed by atoms with Gasteiger partial charge in [0.15, 0.2) is 0 Å². The predicted octanol–water partition coefficient (Wildman–Crippen LogP) is 5.21. The Balaban J connectivity index is 1.32. The molecule has 0 saturated carbocycles. The first-order valence-corrected chi connectivity index (χ1v) is 16.8. The second-order valence-electron chi connectivity index (χ2n) is 11.9. The number of nitrogens with zero attached hydrogens (tertiary/aromatic N) is 5. The number of anilines is 3. The lowest BCUT2D eigenvalue weighted by Gasteiger charge is -2.45. The monoisotopic (exact) mass is 614 g/mol. The fraction of sp³-hybridized carbons (Fsp3) is 0.412. The van der Waals surface area contributed by atoms with E-state index in [2.05, 4.69) is 47.5 Å². The van der Waals surface area contributed by atoms with Crippen LogP contribution < -0.4 is 19.8 Å². The number of para-hydroxylation sites is 3. The Morgan fingerprint density at radius 2 is 1.61 bits per heavy atom. The Labute approximate surface area is 261 Å². The Morgan fingerprint density at radius 3 is 2.25 bits per heavy atom. The molecule has 2 aliphatic heterocycles. The van der Waals surface area contributed by atoms with Crippen LogP contribution in [0.2, 0.25) is 0 Å². The van der Waals surface area contributed by atoms with Crippen LogP contribution in [0.3, 0.4) is 0 Å². The van der Waals surface area contributed by atoms with Gasteiger partial charge < -0.3 is 19.6 Å². The molecular formula is C34H42N6O3S. The lowest BCUT2D eigenvalue weighted by atomic mass is 9.90. The van der Waals surface area contributed by atoms with E-state index in [1.807, 2.05) is 41.0 Å². The Hall–Kier alpha value is -4.07. The summed E-state index contributed by atoms with van der Waals surface area (Å²) in [5.74, 6) is 0.355. The average molecular weight is 615 g/mol. The number of carbonyl (C=O) groups is 1. The number of primary sulfonamides is 1. The highest BCUT2D eigenvalue weighted by atomic mass is 32.2. The van der Waals surface area contributed by atoms with Crippen LogP contribution in [-0.2, 0) is 10.0 Å². The first-order chi connectivity index (χ1) is 21.0. The number of piperidine rings is 1. The van der Waals surface area contributed by atoms with Gasteiger partial charge in [-0.05, 0) is 68.5 Å². The molecule has 44 heavy (non-hydrogen) atoms. The zero-order valence-corrected chi connectivity index (χ0v) is 26.8. The van der Waals surface area contributed by atoms with Crippen molar-refractivity contribution in [2.45, 2.75) is 45.1 Å². The molecule has 2 saturated heterocycles. The molecule has 9 nitrogen and oxygen atoms in total. The standard InChI is InChI=1S/C34H42N6O3S/c1-6-40(29-15-16-39(23-26(29)4)30-12-8-7-11-28(30)36-5)32-22-27(24(2)21-25(32)3)34(41)38-19-17-37(18-20-38)31-13-9-10-14-33(31)44(35,42)43/h7-14,21-22,26,29H,6,15-20,23H2,1-4H3,(H2,35,42,43). The number of hydrogen-bond acceptors (Lipinski definition) is 6. The minimum Gasteiger partial charge on any atom is -0.380 e. The Morgan fingerprint density at radius 1 is 0.955 bits per heavy atom. The van der Waals surface area contributed by atoms with Crippen LogP contribution >= 0.6 is 0 Å². The maximum absolute atomic E-state index is 13.9. The zero-order valence-electron chi connectivity index (χ0n) is 26.0. The molecule has 3 aromatic carbocycles. The maximum atomic E-state index is 13.9. The number of aryl methyl sites for hydroxylation is 2. The van der Waals surface area contributed by atoms with Crippen LogP contribution in [0.25, 0.3) is 4.85 Å². The zero-order chi connectivity index (χ0) is 31.6. The van der Waals surface area contributed by atoms with Crippen LogP contribution in [0.5, 0.6) is 0 Å². The van der Waals surface area contributed by atoms with Crippen molar-refractivity contribution in [1.82, 2.24) is 4.90 Å². The van der Waals surface area contributed by atoms with Gasteiger partial charge in [-0.1, -0.05) is 43.3 Å². The van der Waals surface area contributed by atoms with E-state index in [9.17, 15) is 13.2 Å². The summed E-state index contributed by atoms with van der Waals surface area (Å²) in [6, 6.07) is 19.1. The smallest absolute Gasteiger partial charge is 0.254 e. The van der Waals surface area contributed by atoms with E-state index in [0.717, 1.165) is 48.6 Å². The number of nitrogens with two attached hydrogens (primary N) is 1. The molecule has 0 spiro atoms. The van der Waals surface area contributed by atoms with Crippen molar-refractivity contribution >= 4 is 38.7 Å². The van der Waals surface area contributed by atoms with Crippen molar-refractivity contribution in [2.75, 3.05) is 60.5 Å². The molecule has 232 valence electrons. The van der Waals surface area contributed by atoms with Crippen LogP contribution in [0.4, 0.5) is 22.7 Å². The number of amides is 1. The van der Waals surface area contributed by atoms with E-state index < -0.39 is 10.0 Å². The van der Waals surface area contributed by atoms with Gasteiger partial charge in [-0.25, -0.2) is 18.4 Å². The topological polar surface area (TPSA) is 94.5 Å². The first-order valence-electron chi connectivity index (χ1n) is 15.3. The van der Waals surface area contributed by atoms with Gasteiger partial charge in [-0.2, -0.15) is 0 Å². The maximum Gasteiger partial charge on any atom is 0.254 e. The predicted molar refractivity (Wildman–Crippen MR) is 177 cm³/mol. The summed E-state index contributed by atoms with van der Waals surface area (Å²) in [6.07, 6.45) is 0.958. The van der Waals surface area contributed by atoms with Gasteiger partial charge in [-0.3, -0.25) is 4.79 Å². The highest BCUT2D eigenvalue weighted by molar-refractivity contribution is 7.89. The van der Waals surface area contributed by atoms with E-state index in [1.54, 1.807) is 18.2 Å². The highest BCUT2D eigenvalue weighted by Crippen LogP contribution is 2.36. The van der Waals surface area contributed by atoms with Gasteiger partial charge in [0, 0.05) is 68.8 Å². The molecule has 2 unspecified atom stereocenters. The number of carbonyl (C=O) groups excluding carboxylic acids is 1. The average Bonchev–Trinajstić information content (AvgIpc) is 3.02. The molecule has 3 aromatic rings. The van der Waals surface area contributed by atoms with Gasteiger partial charge in [0.05, 0.1) is 12.3 Å². The van der Waals surface area contributed by atoms with Gasteiger partial charge >= 0.3 is 0 Å². The second-order valence-corrected chi connectivity index (χ2v) is 13.4. The summed E-state index contributed by atoms with van der Waals surface area (Å²) in [4.78, 5) is 26.4. The summed E-state index contributed by atoms with van der Waals surface area (Å²) in [7, 11) is -3.86. The van der Waals surface area contributed by atoms with Crippen molar-refractivity contribution in [3.63, 3.8) is 0 Å². The van der Waals surface area contributed by atoms with Crippen LogP contribution in [0.15, 0.2) is 65.6 Å². The lowest BCUT2D eigenvalue weighted by molar-refractivity contribution is 0.0746. The minimum atomic E-state index is -3.86. The van der Waals surface area contributed by atoms with Crippen molar-refractivity contribution < 1.29 is 13.2 Å². The van der Waals surface area contributed by atoms with Crippen LogP contribution in [0, 0.1) is 26.3 Å². The van der Waals surface area contributed by atoms with E-state index in [0.29, 0.717) is 55.1 Å². The molecule has 2 N–H and O–H groups in total. The summed E-state index contributed by atoms with van der Waals surface area (Å²) in [5.41, 5.74) is 6.17. The molecule has 2 atom stereocenters. The largest absolute Gasteiger partial charge is 0.380 e. The molecule has 2 heterocycles. The van der Waals surface area contributed by atoms with Crippen molar-refractivity contribution in [1.29, 1.82) is 0 Å². The molecule has 2 aliphatic rings. The van der Waals surface area contributed by atoms with Gasteiger partial charge in [0.2, 0.25) is 15.7 Å². The fourth-order valence-electron chi connectivity index (χ4n) is 6.89. The minimum absolute atomic E-state index is 0.00203. The quantitative estimate of drug-likeness (QED) is 0.368. The molecule has 0 radical (unpaired) electrons. The third-order valence-corrected chi connectivity index (χ3v) is 10.1. The highest BCUT2D eigenvalue weighted by Gasteiger charge is 2.33. The first kappa shape index (κ1) is 31.4. The van der Waals surface area contributed by atoms with Crippen molar-refractivity contribution in [2.24, 2.45) is 11.1 Å². The number of sulfonamides is 1. The van der Waals surface area contributed by atoms with Gasteiger partial charge in [-0.15, -0.1) is 0 Å². The lowest BCUT2D eigenvalue weighted by Crippen LogP contribution is -2.51. The number of hydrogen-bond donors (Lipinski definition) is 1. The van der Waals surface area contributed by atoms with Crippen LogP contribution in [0.1, 0.15) is 41.8 Å². The van der Waals surface area contributed by atoms with Crippen molar-refractivity contribution in [3.8, 4) is 0 Å². The van der Waals surface area contributed by atoms with E-state index in [1.165, 1.54) is 6.07 Å². The third-order valence-electron chi connectivity index (χ3n) is 9.11. The molecule has 2 fully saturated rings. The van der Waals surface area contributed by atoms with E-state index >= 15 is 0 Å². The molecule has 1 amide bonds. The number of rotatable bonds is 7. The summed E-state index contributed by atoms with van der Waals surface area (Å²) in [6.45, 7) is 20.7. The van der Waals surface area contributed by atoms with Crippen LogP contribution in [-0.4, -0.2) is 71.1 Å². The molecule has 0 aliphatic carbocycles. The summed E-state index contributed by atoms with van der Waals surface area (Å²) < 4.78 is 24.3. The third kappa shape index (κ3) is 6.26. The van der Waals surface area contributed by atoms with Crippen molar-refractivity contribution in [3.05, 3.63) is 88.8 Å². The second kappa shape index (κ2) is 12.9. The Kier molecular flexibility index (Phi) is 9.18. The molecule has 0 bridgehead atoms. The molecule has 5 rings (SSSR count). The summed E-state index contributed by atoms with van der Waals surface area (Å²) in [5, 5.41) is 5.47. The number of piperazine rings is 1. The Bertz CT molecular complexity index is 1680. The van der Waals surface area contributed by atoms with E-state index in [4.69, 9.17) is 11.7 Å². The summed E-state index contributed by atoms with van der Waals surface area (Å²) >= 11 is 0. The normalized spacial score (nSPS) is 19.0.